The van der Waals surface area contributed by atoms with Crippen LogP contribution in [0.1, 0.15) is 52.5 Å². The first-order valence-electron chi connectivity index (χ1n) is 9.83. The third-order valence-electron chi connectivity index (χ3n) is 5.63. The Morgan fingerprint density at radius 2 is 2.04 bits per heavy atom. The smallest absolute Gasteiger partial charge is 0.257 e. The van der Waals surface area contributed by atoms with Crippen LogP contribution < -0.4 is 10.2 Å². The van der Waals surface area contributed by atoms with Crippen LogP contribution in [0.4, 0.5) is 5.69 Å². The number of amides is 2. The van der Waals surface area contributed by atoms with Gasteiger partial charge in [0.05, 0.1) is 11.3 Å². The first-order chi connectivity index (χ1) is 13.6. The lowest BCUT2D eigenvalue weighted by Gasteiger charge is -2.47. The van der Waals surface area contributed by atoms with E-state index in [2.05, 4.69) is 33.1 Å². The molecule has 2 aliphatic heterocycles. The van der Waals surface area contributed by atoms with E-state index in [1.165, 1.54) is 0 Å². The van der Waals surface area contributed by atoms with E-state index in [-0.39, 0.29) is 18.0 Å². The molecule has 0 radical (unpaired) electrons. The van der Waals surface area contributed by atoms with Crippen molar-refractivity contribution in [3.8, 4) is 0 Å². The SMILES string of the molecule is CCN1c2cc(C(=O)NCc3ccccc3Br)ccc2C(=O)N2CCCC[C@@H]21. The first-order valence-corrected chi connectivity index (χ1v) is 10.6. The fourth-order valence-electron chi connectivity index (χ4n) is 4.18. The van der Waals surface area contributed by atoms with E-state index in [0.29, 0.717) is 17.7 Å². The van der Waals surface area contributed by atoms with Gasteiger partial charge < -0.3 is 15.1 Å². The number of fused-ring (bicyclic) bond motifs is 2. The van der Waals surface area contributed by atoms with Crippen LogP contribution in [0.3, 0.4) is 0 Å². The molecule has 2 amide bonds. The Kier molecular flexibility index (Phi) is 5.40. The Morgan fingerprint density at radius 3 is 2.82 bits per heavy atom. The maximum atomic E-state index is 12.9. The van der Waals surface area contributed by atoms with Gasteiger partial charge in [-0.25, -0.2) is 0 Å². The monoisotopic (exact) mass is 441 g/mol. The molecule has 0 bridgehead atoms. The van der Waals surface area contributed by atoms with Crippen molar-refractivity contribution in [2.75, 3.05) is 18.0 Å². The summed E-state index contributed by atoms with van der Waals surface area (Å²) in [5, 5.41) is 2.98. The Hall–Kier alpha value is -2.34. The predicted molar refractivity (Wildman–Crippen MR) is 113 cm³/mol. The van der Waals surface area contributed by atoms with Crippen LogP contribution in [-0.2, 0) is 6.54 Å². The van der Waals surface area contributed by atoms with Crippen molar-refractivity contribution in [3.05, 3.63) is 63.6 Å². The molecule has 1 saturated heterocycles. The van der Waals surface area contributed by atoms with Crippen molar-refractivity contribution < 1.29 is 9.59 Å². The van der Waals surface area contributed by atoms with Crippen molar-refractivity contribution in [3.63, 3.8) is 0 Å². The Labute approximate surface area is 173 Å². The minimum atomic E-state index is -0.131. The molecule has 2 aliphatic rings. The highest BCUT2D eigenvalue weighted by atomic mass is 79.9. The van der Waals surface area contributed by atoms with Gasteiger partial charge in [-0.3, -0.25) is 9.59 Å². The molecule has 0 aliphatic carbocycles. The highest BCUT2D eigenvalue weighted by Gasteiger charge is 2.38. The van der Waals surface area contributed by atoms with Crippen molar-refractivity contribution in [2.24, 2.45) is 0 Å². The van der Waals surface area contributed by atoms with Crippen molar-refractivity contribution in [2.45, 2.75) is 38.9 Å². The molecule has 1 fully saturated rings. The van der Waals surface area contributed by atoms with Gasteiger partial charge in [-0.1, -0.05) is 34.1 Å². The molecular formula is C22H24BrN3O2. The van der Waals surface area contributed by atoms with E-state index in [1.54, 1.807) is 12.1 Å². The fraction of sp³-hybridized carbons (Fsp3) is 0.364. The average Bonchev–Trinajstić information content (AvgIpc) is 2.73. The molecule has 5 nitrogen and oxygen atoms in total. The molecule has 1 N–H and O–H groups in total. The first kappa shape index (κ1) is 19.0. The number of nitrogens with one attached hydrogen (secondary N) is 1. The van der Waals surface area contributed by atoms with Gasteiger partial charge in [0.1, 0.15) is 6.17 Å². The van der Waals surface area contributed by atoms with E-state index < -0.39 is 0 Å². The highest BCUT2D eigenvalue weighted by Crippen LogP contribution is 2.35. The van der Waals surface area contributed by atoms with Gasteiger partial charge in [0, 0.05) is 29.7 Å². The highest BCUT2D eigenvalue weighted by molar-refractivity contribution is 9.10. The summed E-state index contributed by atoms with van der Waals surface area (Å²) in [6.07, 6.45) is 3.28. The minimum absolute atomic E-state index is 0.0876. The van der Waals surface area contributed by atoms with Gasteiger partial charge in [0.2, 0.25) is 0 Å². The van der Waals surface area contributed by atoms with Crippen LogP contribution in [0.5, 0.6) is 0 Å². The molecule has 0 unspecified atom stereocenters. The number of halogens is 1. The second-order valence-electron chi connectivity index (χ2n) is 7.27. The number of rotatable bonds is 4. The van der Waals surface area contributed by atoms with Crippen molar-refractivity contribution >= 4 is 33.4 Å². The fourth-order valence-corrected chi connectivity index (χ4v) is 4.61. The number of piperidine rings is 1. The van der Waals surface area contributed by atoms with E-state index in [9.17, 15) is 9.59 Å². The van der Waals surface area contributed by atoms with Crippen LogP contribution in [-0.4, -0.2) is 36.0 Å². The zero-order chi connectivity index (χ0) is 19.7. The number of nitrogens with zero attached hydrogens (tertiary/aromatic N) is 2. The van der Waals surface area contributed by atoms with E-state index in [0.717, 1.165) is 48.1 Å². The van der Waals surface area contributed by atoms with Gasteiger partial charge in [0.25, 0.3) is 11.8 Å². The molecular weight excluding hydrogens is 418 g/mol. The molecule has 0 spiro atoms. The number of hydrogen-bond donors (Lipinski definition) is 1. The lowest BCUT2D eigenvalue weighted by Crippen LogP contribution is -2.57. The van der Waals surface area contributed by atoms with Gasteiger partial charge in [-0.2, -0.15) is 0 Å². The molecule has 1 atom stereocenters. The van der Waals surface area contributed by atoms with Crippen LogP contribution in [0.15, 0.2) is 46.9 Å². The van der Waals surface area contributed by atoms with Crippen molar-refractivity contribution in [1.29, 1.82) is 0 Å². The summed E-state index contributed by atoms with van der Waals surface area (Å²) >= 11 is 3.51. The molecule has 2 heterocycles. The number of benzene rings is 2. The van der Waals surface area contributed by atoms with Gasteiger partial charge in [-0.15, -0.1) is 0 Å². The van der Waals surface area contributed by atoms with Crippen LogP contribution >= 0.6 is 15.9 Å². The summed E-state index contributed by atoms with van der Waals surface area (Å²) in [5.74, 6) is -0.0438. The largest absolute Gasteiger partial charge is 0.351 e. The van der Waals surface area contributed by atoms with Gasteiger partial charge in [0.15, 0.2) is 0 Å². The Bertz CT molecular complexity index is 914. The maximum Gasteiger partial charge on any atom is 0.257 e. The maximum absolute atomic E-state index is 12.9. The predicted octanol–water partition coefficient (Wildman–Crippen LogP) is 4.17. The van der Waals surface area contributed by atoms with Crippen LogP contribution in [0.2, 0.25) is 0 Å². The van der Waals surface area contributed by atoms with Crippen LogP contribution in [0.25, 0.3) is 0 Å². The zero-order valence-corrected chi connectivity index (χ0v) is 17.5. The average molecular weight is 442 g/mol. The molecule has 28 heavy (non-hydrogen) atoms. The van der Waals surface area contributed by atoms with Gasteiger partial charge in [-0.05, 0) is 56.0 Å². The second-order valence-corrected chi connectivity index (χ2v) is 8.12. The van der Waals surface area contributed by atoms with Gasteiger partial charge >= 0.3 is 0 Å². The summed E-state index contributed by atoms with van der Waals surface area (Å²) in [6.45, 7) is 4.17. The molecule has 0 saturated carbocycles. The van der Waals surface area contributed by atoms with E-state index >= 15 is 0 Å². The Balaban J connectivity index is 1.58. The normalized spacial score (nSPS) is 18.5. The summed E-state index contributed by atoms with van der Waals surface area (Å²) in [4.78, 5) is 29.9. The van der Waals surface area contributed by atoms with E-state index in [1.807, 2.05) is 35.2 Å². The summed E-state index contributed by atoms with van der Waals surface area (Å²) in [7, 11) is 0. The molecule has 6 heteroatoms. The second kappa shape index (κ2) is 7.95. The number of carbonyl (C=O) groups excluding carboxylic acids is 2. The molecule has 2 aromatic carbocycles. The number of anilines is 1. The summed E-state index contributed by atoms with van der Waals surface area (Å²) in [6, 6.07) is 13.3. The number of carbonyl (C=O) groups is 2. The molecule has 2 aromatic rings. The molecule has 4 rings (SSSR count). The van der Waals surface area contributed by atoms with Crippen LogP contribution in [0, 0.1) is 0 Å². The third kappa shape index (κ3) is 3.41. The minimum Gasteiger partial charge on any atom is -0.351 e. The lowest BCUT2D eigenvalue weighted by molar-refractivity contribution is 0.0582. The third-order valence-corrected chi connectivity index (χ3v) is 6.40. The standard InChI is InChI=1S/C22H24BrN3O2/c1-2-25-19-13-15(21(27)24-14-16-7-3-4-8-18(16)23)10-11-17(19)22(28)26-12-6-5-9-20(25)26/h3-4,7-8,10-11,13,20H,2,5-6,9,12,14H2,1H3,(H,24,27)/t20-/m1/s1. The lowest BCUT2D eigenvalue weighted by atomic mass is 9.97. The number of hydrogen-bond acceptors (Lipinski definition) is 3. The van der Waals surface area contributed by atoms with E-state index in [4.69, 9.17) is 0 Å². The molecule has 0 aromatic heterocycles. The Morgan fingerprint density at radius 1 is 1.21 bits per heavy atom. The summed E-state index contributed by atoms with van der Waals surface area (Å²) < 4.78 is 0.973. The topological polar surface area (TPSA) is 52.7 Å². The van der Waals surface area contributed by atoms with Crippen molar-refractivity contribution in [1.82, 2.24) is 10.2 Å². The zero-order valence-electron chi connectivity index (χ0n) is 16.0. The quantitative estimate of drug-likeness (QED) is 0.774. The molecule has 146 valence electrons. The summed E-state index contributed by atoms with van der Waals surface area (Å²) in [5.41, 5.74) is 3.19.